The molecule has 0 aromatic heterocycles. The first-order valence-corrected chi connectivity index (χ1v) is 7.76. The zero-order valence-corrected chi connectivity index (χ0v) is 13.0. The van der Waals surface area contributed by atoms with Gasteiger partial charge < -0.3 is 14.8 Å². The van der Waals surface area contributed by atoms with E-state index in [-0.39, 0.29) is 0 Å². The van der Waals surface area contributed by atoms with Crippen LogP contribution in [-0.2, 0) is 22.6 Å². The van der Waals surface area contributed by atoms with Crippen LogP contribution in [0.1, 0.15) is 30.9 Å². The summed E-state index contributed by atoms with van der Waals surface area (Å²) in [7, 11) is 0. The van der Waals surface area contributed by atoms with Gasteiger partial charge in [-0.3, -0.25) is 0 Å². The summed E-state index contributed by atoms with van der Waals surface area (Å²) in [6.45, 7) is 6.24. The van der Waals surface area contributed by atoms with Gasteiger partial charge in [-0.15, -0.1) is 0 Å². The second kappa shape index (κ2) is 8.00. The van der Waals surface area contributed by atoms with Crippen molar-refractivity contribution in [3.63, 3.8) is 0 Å². The van der Waals surface area contributed by atoms with Crippen molar-refractivity contribution in [2.45, 2.75) is 39.0 Å². The highest BCUT2D eigenvalue weighted by atomic mass is 79.9. The quantitative estimate of drug-likeness (QED) is 0.833. The summed E-state index contributed by atoms with van der Waals surface area (Å²) >= 11 is 3.61. The molecule has 1 aliphatic rings. The average Bonchev–Trinajstić information content (AvgIpc) is 2.92. The number of benzene rings is 1. The van der Waals surface area contributed by atoms with E-state index in [1.54, 1.807) is 0 Å². The van der Waals surface area contributed by atoms with Crippen LogP contribution in [0.3, 0.4) is 0 Å². The Hall–Kier alpha value is -0.420. The standard InChI is InChI=1S/C15H22BrNO2/c1-2-17-9-12-5-6-13(15(16)8-12)10-18-11-14-4-3-7-19-14/h5-6,8,14,17H,2-4,7,9-11H2,1H3. The lowest BCUT2D eigenvalue weighted by atomic mass is 10.1. The highest BCUT2D eigenvalue weighted by molar-refractivity contribution is 9.10. The molecule has 1 N–H and O–H groups in total. The van der Waals surface area contributed by atoms with Gasteiger partial charge in [0, 0.05) is 17.6 Å². The fraction of sp³-hybridized carbons (Fsp3) is 0.600. The minimum absolute atomic E-state index is 0.298. The summed E-state index contributed by atoms with van der Waals surface area (Å²) in [5.74, 6) is 0. The second-order valence-electron chi connectivity index (χ2n) is 4.86. The summed E-state index contributed by atoms with van der Waals surface area (Å²) in [4.78, 5) is 0. The van der Waals surface area contributed by atoms with Gasteiger partial charge in [-0.25, -0.2) is 0 Å². The van der Waals surface area contributed by atoms with Crippen LogP contribution < -0.4 is 5.32 Å². The molecule has 0 saturated carbocycles. The molecule has 1 aromatic rings. The maximum Gasteiger partial charge on any atom is 0.0809 e. The Morgan fingerprint density at radius 3 is 3.05 bits per heavy atom. The molecule has 0 radical (unpaired) electrons. The molecule has 1 aromatic carbocycles. The van der Waals surface area contributed by atoms with E-state index in [4.69, 9.17) is 9.47 Å². The van der Waals surface area contributed by atoms with E-state index < -0.39 is 0 Å². The zero-order chi connectivity index (χ0) is 13.5. The minimum Gasteiger partial charge on any atom is -0.376 e. The highest BCUT2D eigenvalue weighted by Gasteiger charge is 2.15. The Bertz CT molecular complexity index is 392. The van der Waals surface area contributed by atoms with E-state index in [2.05, 4.69) is 46.4 Å². The first-order chi connectivity index (χ1) is 9.29. The van der Waals surface area contributed by atoms with Crippen molar-refractivity contribution >= 4 is 15.9 Å². The summed E-state index contributed by atoms with van der Waals surface area (Å²) in [5, 5.41) is 3.32. The third-order valence-corrected chi connectivity index (χ3v) is 4.02. The second-order valence-corrected chi connectivity index (χ2v) is 5.71. The van der Waals surface area contributed by atoms with Gasteiger partial charge in [0.1, 0.15) is 0 Å². The van der Waals surface area contributed by atoms with Crippen LogP contribution in [0.15, 0.2) is 22.7 Å². The molecule has 0 bridgehead atoms. The fourth-order valence-electron chi connectivity index (χ4n) is 2.16. The molecule has 0 spiro atoms. The molecule has 2 rings (SSSR count). The molecule has 3 nitrogen and oxygen atoms in total. The van der Waals surface area contributed by atoms with E-state index in [9.17, 15) is 0 Å². The van der Waals surface area contributed by atoms with Crippen LogP contribution in [0.5, 0.6) is 0 Å². The number of hydrogen-bond acceptors (Lipinski definition) is 3. The van der Waals surface area contributed by atoms with Gasteiger partial charge in [0.25, 0.3) is 0 Å². The summed E-state index contributed by atoms with van der Waals surface area (Å²) in [5.41, 5.74) is 2.48. The number of ether oxygens (including phenoxy) is 2. The van der Waals surface area contributed by atoms with E-state index in [1.165, 1.54) is 11.1 Å². The first kappa shape index (κ1) is 15.0. The molecule has 0 aliphatic carbocycles. The number of nitrogens with one attached hydrogen (secondary N) is 1. The van der Waals surface area contributed by atoms with Gasteiger partial charge in [0.05, 0.1) is 19.3 Å². The minimum atomic E-state index is 0.298. The lowest BCUT2D eigenvalue weighted by Crippen LogP contribution is -2.14. The number of rotatable bonds is 7. The molecule has 4 heteroatoms. The molecule has 19 heavy (non-hydrogen) atoms. The first-order valence-electron chi connectivity index (χ1n) is 6.97. The van der Waals surface area contributed by atoms with Crippen molar-refractivity contribution in [1.82, 2.24) is 5.32 Å². The van der Waals surface area contributed by atoms with Crippen LogP contribution in [-0.4, -0.2) is 25.9 Å². The fourth-order valence-corrected chi connectivity index (χ4v) is 2.70. The highest BCUT2D eigenvalue weighted by Crippen LogP contribution is 2.20. The third-order valence-electron chi connectivity index (χ3n) is 3.28. The van der Waals surface area contributed by atoms with Crippen molar-refractivity contribution in [2.24, 2.45) is 0 Å². The molecular formula is C15H22BrNO2. The SMILES string of the molecule is CCNCc1ccc(COCC2CCCO2)c(Br)c1. The molecule has 1 heterocycles. The van der Waals surface area contributed by atoms with Crippen LogP contribution in [0.4, 0.5) is 0 Å². The Kier molecular flexibility index (Phi) is 6.31. The van der Waals surface area contributed by atoms with Gasteiger partial charge in [-0.2, -0.15) is 0 Å². The maximum atomic E-state index is 5.73. The molecule has 1 fully saturated rings. The van der Waals surface area contributed by atoms with Crippen molar-refractivity contribution in [3.05, 3.63) is 33.8 Å². The molecule has 106 valence electrons. The Morgan fingerprint density at radius 1 is 1.47 bits per heavy atom. The van der Waals surface area contributed by atoms with Crippen LogP contribution in [0.2, 0.25) is 0 Å². The van der Waals surface area contributed by atoms with E-state index >= 15 is 0 Å². The van der Waals surface area contributed by atoms with E-state index in [1.807, 2.05) is 0 Å². The van der Waals surface area contributed by atoms with Gasteiger partial charge >= 0.3 is 0 Å². The molecule has 1 saturated heterocycles. The molecular weight excluding hydrogens is 306 g/mol. The molecule has 1 unspecified atom stereocenters. The lowest BCUT2D eigenvalue weighted by molar-refractivity contribution is 0.0104. The Morgan fingerprint density at radius 2 is 2.37 bits per heavy atom. The predicted octanol–water partition coefficient (Wildman–Crippen LogP) is 3.25. The normalized spacial score (nSPS) is 18.9. The molecule has 1 aliphatic heterocycles. The van der Waals surface area contributed by atoms with Gasteiger partial charge in [-0.1, -0.05) is 35.0 Å². The van der Waals surface area contributed by atoms with Crippen molar-refractivity contribution in [3.8, 4) is 0 Å². The van der Waals surface area contributed by atoms with E-state index in [0.717, 1.165) is 37.0 Å². The molecule has 0 amide bonds. The largest absolute Gasteiger partial charge is 0.376 e. The van der Waals surface area contributed by atoms with Gasteiger partial charge in [-0.05, 0) is 36.6 Å². The smallest absolute Gasteiger partial charge is 0.0809 e. The topological polar surface area (TPSA) is 30.5 Å². The number of hydrogen-bond donors (Lipinski definition) is 1. The zero-order valence-electron chi connectivity index (χ0n) is 11.5. The van der Waals surface area contributed by atoms with Crippen LogP contribution in [0.25, 0.3) is 0 Å². The van der Waals surface area contributed by atoms with Crippen LogP contribution >= 0.6 is 15.9 Å². The molecule has 1 atom stereocenters. The third kappa shape index (κ3) is 4.88. The van der Waals surface area contributed by atoms with E-state index in [0.29, 0.717) is 19.3 Å². The predicted molar refractivity (Wildman–Crippen MR) is 80.2 cm³/mol. The Balaban J connectivity index is 1.79. The lowest BCUT2D eigenvalue weighted by Gasteiger charge is -2.12. The van der Waals surface area contributed by atoms with Gasteiger partial charge in [0.2, 0.25) is 0 Å². The van der Waals surface area contributed by atoms with Crippen LogP contribution in [0, 0.1) is 0 Å². The van der Waals surface area contributed by atoms with Crippen molar-refractivity contribution in [1.29, 1.82) is 0 Å². The average molecular weight is 328 g/mol. The Labute approximate surface area is 123 Å². The van der Waals surface area contributed by atoms with Gasteiger partial charge in [0.15, 0.2) is 0 Å². The summed E-state index contributed by atoms with van der Waals surface area (Å²) in [6.07, 6.45) is 2.59. The van der Waals surface area contributed by atoms with Crippen molar-refractivity contribution in [2.75, 3.05) is 19.8 Å². The van der Waals surface area contributed by atoms with Crippen molar-refractivity contribution < 1.29 is 9.47 Å². The monoisotopic (exact) mass is 327 g/mol. The maximum absolute atomic E-state index is 5.73. The number of halogens is 1. The summed E-state index contributed by atoms with van der Waals surface area (Å²) in [6, 6.07) is 6.44. The summed E-state index contributed by atoms with van der Waals surface area (Å²) < 4.78 is 12.4.